The highest BCUT2D eigenvalue weighted by Gasteiger charge is 2.17. The standard InChI is InChI=1S/C9H11ClN6O2S/c1-16-13-9(12-15-16)14-19(17,18)7-3-2-6(5-11)8(10)4-7/h2-4H,5,11H2,1H3,(H,13,14). The fourth-order valence-electron chi connectivity index (χ4n) is 1.36. The number of tetrazole rings is 1. The van der Waals surface area contributed by atoms with Gasteiger partial charge in [-0.25, -0.2) is 13.1 Å². The lowest BCUT2D eigenvalue weighted by molar-refractivity contribution is 0.600. The SMILES string of the molecule is Cn1nnc(NS(=O)(=O)c2ccc(CN)c(Cl)c2)n1. The first kappa shape index (κ1) is 13.7. The Balaban J connectivity index is 2.31. The molecule has 102 valence electrons. The van der Waals surface area contributed by atoms with Gasteiger partial charge in [0.2, 0.25) is 0 Å². The maximum absolute atomic E-state index is 12.0. The molecule has 0 aliphatic heterocycles. The maximum Gasteiger partial charge on any atom is 0.277 e. The van der Waals surface area contributed by atoms with Crippen LogP contribution in [0.25, 0.3) is 0 Å². The molecular weight excluding hydrogens is 292 g/mol. The topological polar surface area (TPSA) is 116 Å². The lowest BCUT2D eigenvalue weighted by Gasteiger charge is -2.06. The van der Waals surface area contributed by atoms with Crippen LogP contribution in [0.3, 0.4) is 0 Å². The molecule has 3 N–H and O–H groups in total. The zero-order valence-corrected chi connectivity index (χ0v) is 11.5. The quantitative estimate of drug-likeness (QED) is 0.829. The fraction of sp³-hybridized carbons (Fsp3) is 0.222. The molecule has 0 saturated heterocycles. The van der Waals surface area contributed by atoms with Crippen molar-refractivity contribution < 1.29 is 8.42 Å². The van der Waals surface area contributed by atoms with Crippen molar-refractivity contribution in [3.05, 3.63) is 28.8 Å². The fourth-order valence-corrected chi connectivity index (χ4v) is 2.65. The Bertz CT molecular complexity index is 698. The van der Waals surface area contributed by atoms with Crippen molar-refractivity contribution in [3.8, 4) is 0 Å². The molecule has 2 aromatic rings. The lowest BCUT2D eigenvalue weighted by atomic mass is 10.2. The molecule has 0 aliphatic rings. The van der Waals surface area contributed by atoms with Crippen LogP contribution in [0.4, 0.5) is 5.95 Å². The third-order valence-electron chi connectivity index (χ3n) is 2.29. The van der Waals surface area contributed by atoms with E-state index in [0.717, 1.165) is 4.80 Å². The molecule has 10 heteroatoms. The van der Waals surface area contributed by atoms with Gasteiger partial charge in [0.25, 0.3) is 16.0 Å². The Labute approximate surface area is 114 Å². The molecule has 1 aromatic heterocycles. The number of sulfonamides is 1. The van der Waals surface area contributed by atoms with E-state index in [1.54, 1.807) is 6.07 Å². The number of hydrogen-bond acceptors (Lipinski definition) is 6. The van der Waals surface area contributed by atoms with Gasteiger partial charge in [0.05, 0.1) is 11.9 Å². The average Bonchev–Trinajstić information content (AvgIpc) is 2.73. The predicted octanol–water partition coefficient (Wildman–Crippen LogP) is 0.123. The molecule has 0 unspecified atom stereocenters. The number of aryl methyl sites for hydroxylation is 1. The summed E-state index contributed by atoms with van der Waals surface area (Å²) in [7, 11) is -2.28. The normalized spacial score (nSPS) is 11.5. The third-order valence-corrected chi connectivity index (χ3v) is 3.97. The number of halogens is 1. The van der Waals surface area contributed by atoms with E-state index in [1.807, 2.05) is 0 Å². The van der Waals surface area contributed by atoms with E-state index in [-0.39, 0.29) is 22.4 Å². The maximum atomic E-state index is 12.0. The summed E-state index contributed by atoms with van der Waals surface area (Å²) in [4.78, 5) is 1.14. The summed E-state index contributed by atoms with van der Waals surface area (Å²) < 4.78 is 26.3. The molecule has 2 rings (SSSR count). The van der Waals surface area contributed by atoms with E-state index in [0.29, 0.717) is 5.56 Å². The Morgan fingerprint density at radius 1 is 1.47 bits per heavy atom. The second-order valence-electron chi connectivity index (χ2n) is 3.67. The molecule has 0 spiro atoms. The van der Waals surface area contributed by atoms with Crippen LogP contribution in [-0.2, 0) is 23.6 Å². The summed E-state index contributed by atoms with van der Waals surface area (Å²) >= 11 is 5.92. The second-order valence-corrected chi connectivity index (χ2v) is 5.75. The first-order valence-electron chi connectivity index (χ1n) is 5.17. The van der Waals surface area contributed by atoms with Gasteiger partial charge in [-0.15, -0.1) is 5.10 Å². The van der Waals surface area contributed by atoms with Gasteiger partial charge < -0.3 is 5.73 Å². The molecule has 1 aromatic carbocycles. The number of nitrogens with zero attached hydrogens (tertiary/aromatic N) is 4. The zero-order chi connectivity index (χ0) is 14.0. The Morgan fingerprint density at radius 2 is 2.21 bits per heavy atom. The lowest BCUT2D eigenvalue weighted by Crippen LogP contribution is -2.14. The highest BCUT2D eigenvalue weighted by Crippen LogP contribution is 2.21. The Kier molecular flexibility index (Phi) is 3.69. The molecule has 0 amide bonds. The summed E-state index contributed by atoms with van der Waals surface area (Å²) in [5, 5.41) is 11.1. The van der Waals surface area contributed by atoms with E-state index in [4.69, 9.17) is 17.3 Å². The molecule has 0 bridgehead atoms. The van der Waals surface area contributed by atoms with Crippen LogP contribution in [0.15, 0.2) is 23.1 Å². The third kappa shape index (κ3) is 3.00. The van der Waals surface area contributed by atoms with E-state index in [9.17, 15) is 8.42 Å². The summed E-state index contributed by atoms with van der Waals surface area (Å²) in [6.07, 6.45) is 0. The van der Waals surface area contributed by atoms with Gasteiger partial charge in [-0.3, -0.25) is 0 Å². The van der Waals surface area contributed by atoms with Crippen LogP contribution in [0.5, 0.6) is 0 Å². The van der Waals surface area contributed by atoms with Crippen molar-refractivity contribution in [2.24, 2.45) is 12.8 Å². The molecule has 0 radical (unpaired) electrons. The summed E-state index contributed by atoms with van der Waals surface area (Å²) in [5.74, 6) is -0.110. The highest BCUT2D eigenvalue weighted by molar-refractivity contribution is 7.92. The monoisotopic (exact) mass is 302 g/mol. The minimum atomic E-state index is -3.80. The van der Waals surface area contributed by atoms with Crippen LogP contribution in [0.2, 0.25) is 5.02 Å². The van der Waals surface area contributed by atoms with Gasteiger partial charge in [-0.1, -0.05) is 22.8 Å². The first-order valence-corrected chi connectivity index (χ1v) is 7.04. The molecule has 0 atom stereocenters. The van der Waals surface area contributed by atoms with Crippen LogP contribution >= 0.6 is 11.6 Å². The predicted molar refractivity (Wildman–Crippen MR) is 68.9 cm³/mol. The first-order chi connectivity index (χ1) is 8.92. The number of benzene rings is 1. The van der Waals surface area contributed by atoms with Gasteiger partial charge in [0.1, 0.15) is 0 Å². The van der Waals surface area contributed by atoms with Crippen molar-refractivity contribution in [1.29, 1.82) is 0 Å². The molecule has 19 heavy (non-hydrogen) atoms. The van der Waals surface area contributed by atoms with Gasteiger partial charge in [0, 0.05) is 11.6 Å². The summed E-state index contributed by atoms with van der Waals surface area (Å²) in [6.45, 7) is 0.234. The molecule has 0 aliphatic carbocycles. The van der Waals surface area contributed by atoms with Crippen molar-refractivity contribution >= 4 is 27.6 Å². The minimum absolute atomic E-state index is 0.00199. The highest BCUT2D eigenvalue weighted by atomic mass is 35.5. The smallest absolute Gasteiger partial charge is 0.277 e. The van der Waals surface area contributed by atoms with Crippen molar-refractivity contribution in [3.63, 3.8) is 0 Å². The summed E-state index contributed by atoms with van der Waals surface area (Å²) in [6, 6.07) is 4.29. The number of hydrogen-bond donors (Lipinski definition) is 2. The van der Waals surface area contributed by atoms with Gasteiger partial charge in [0.15, 0.2) is 0 Å². The van der Waals surface area contributed by atoms with Crippen LogP contribution in [0.1, 0.15) is 5.56 Å². The van der Waals surface area contributed by atoms with Gasteiger partial charge in [-0.05, 0) is 22.9 Å². The average molecular weight is 303 g/mol. The second kappa shape index (κ2) is 5.11. The molecule has 0 saturated carbocycles. The largest absolute Gasteiger partial charge is 0.326 e. The number of nitrogens with two attached hydrogens (primary N) is 1. The van der Waals surface area contributed by atoms with E-state index < -0.39 is 10.0 Å². The summed E-state index contributed by atoms with van der Waals surface area (Å²) in [5.41, 5.74) is 6.12. The number of rotatable bonds is 4. The molecule has 8 nitrogen and oxygen atoms in total. The van der Waals surface area contributed by atoms with Crippen molar-refractivity contribution in [2.45, 2.75) is 11.4 Å². The van der Waals surface area contributed by atoms with Crippen LogP contribution in [-0.4, -0.2) is 28.6 Å². The number of anilines is 1. The van der Waals surface area contributed by atoms with E-state index >= 15 is 0 Å². The Morgan fingerprint density at radius 3 is 2.74 bits per heavy atom. The van der Waals surface area contributed by atoms with Crippen LogP contribution < -0.4 is 10.5 Å². The van der Waals surface area contributed by atoms with Crippen molar-refractivity contribution in [1.82, 2.24) is 20.2 Å². The zero-order valence-electron chi connectivity index (χ0n) is 9.91. The Hall–Kier alpha value is -1.71. The van der Waals surface area contributed by atoms with Gasteiger partial charge >= 0.3 is 0 Å². The van der Waals surface area contributed by atoms with Gasteiger partial charge in [-0.2, -0.15) is 4.80 Å². The molecule has 1 heterocycles. The number of nitrogens with one attached hydrogen (secondary N) is 1. The minimum Gasteiger partial charge on any atom is -0.326 e. The van der Waals surface area contributed by atoms with Crippen molar-refractivity contribution in [2.75, 3.05) is 4.72 Å². The number of aromatic nitrogens is 4. The van der Waals surface area contributed by atoms with E-state index in [1.165, 1.54) is 19.2 Å². The molecule has 0 fully saturated rings. The van der Waals surface area contributed by atoms with Crippen LogP contribution in [0, 0.1) is 0 Å². The van der Waals surface area contributed by atoms with E-state index in [2.05, 4.69) is 20.1 Å². The molecular formula is C9H11ClN6O2S.